The summed E-state index contributed by atoms with van der Waals surface area (Å²) in [6, 6.07) is 7.31. The summed E-state index contributed by atoms with van der Waals surface area (Å²) in [7, 11) is 0. The van der Waals surface area contributed by atoms with E-state index in [1.807, 2.05) is 24.4 Å². The van der Waals surface area contributed by atoms with Crippen LogP contribution >= 0.6 is 0 Å². The fraction of sp³-hybridized carbons (Fsp3) is 0.231. The van der Waals surface area contributed by atoms with Crippen LogP contribution in [0.25, 0.3) is 5.65 Å². The Kier molecular flexibility index (Phi) is 2.40. The summed E-state index contributed by atoms with van der Waals surface area (Å²) in [6.45, 7) is 0.937. The van der Waals surface area contributed by atoms with Crippen LogP contribution in [0.5, 0.6) is 0 Å². The molecule has 0 saturated heterocycles. The van der Waals surface area contributed by atoms with Crippen LogP contribution in [0.2, 0.25) is 0 Å². The van der Waals surface area contributed by atoms with Crippen molar-refractivity contribution in [1.29, 1.82) is 0 Å². The van der Waals surface area contributed by atoms with Crippen molar-refractivity contribution in [2.75, 3.05) is 6.54 Å². The van der Waals surface area contributed by atoms with E-state index in [1.165, 1.54) is 6.07 Å². The third kappa shape index (κ3) is 1.71. The summed E-state index contributed by atoms with van der Waals surface area (Å²) in [4.78, 5) is 16.1. The van der Waals surface area contributed by atoms with Gasteiger partial charge in [-0.25, -0.2) is 4.98 Å². The Morgan fingerprint density at radius 3 is 3.12 bits per heavy atom. The molecule has 4 heteroatoms. The van der Waals surface area contributed by atoms with E-state index in [4.69, 9.17) is 0 Å². The second-order valence-electron chi connectivity index (χ2n) is 4.14. The van der Waals surface area contributed by atoms with Crippen molar-refractivity contribution in [3.8, 4) is 0 Å². The zero-order valence-corrected chi connectivity index (χ0v) is 9.34. The molecule has 2 aromatic heterocycles. The molecule has 86 valence electrons. The summed E-state index contributed by atoms with van der Waals surface area (Å²) in [5.41, 5.74) is 1.71. The van der Waals surface area contributed by atoms with E-state index in [0.29, 0.717) is 5.65 Å². The summed E-state index contributed by atoms with van der Waals surface area (Å²) in [5.74, 6) is 0.279. The SMILES string of the molecule is O=c1ccnc2cccc(C3C=CNCC3)n12. The maximum Gasteiger partial charge on any atom is 0.258 e. The molecule has 1 atom stereocenters. The van der Waals surface area contributed by atoms with Gasteiger partial charge in [0.15, 0.2) is 0 Å². The molecule has 0 spiro atoms. The second kappa shape index (κ2) is 4.05. The maximum absolute atomic E-state index is 11.9. The van der Waals surface area contributed by atoms with Gasteiger partial charge in [0.2, 0.25) is 0 Å². The number of fused-ring (bicyclic) bond motifs is 1. The van der Waals surface area contributed by atoms with Gasteiger partial charge in [-0.2, -0.15) is 0 Å². The minimum Gasteiger partial charge on any atom is -0.391 e. The lowest BCUT2D eigenvalue weighted by Gasteiger charge is -2.19. The van der Waals surface area contributed by atoms with Crippen LogP contribution in [0.4, 0.5) is 0 Å². The highest BCUT2D eigenvalue weighted by Crippen LogP contribution is 2.22. The molecule has 0 aromatic carbocycles. The first kappa shape index (κ1) is 10.1. The maximum atomic E-state index is 11.9. The van der Waals surface area contributed by atoms with Crippen molar-refractivity contribution in [1.82, 2.24) is 14.7 Å². The van der Waals surface area contributed by atoms with E-state index in [2.05, 4.69) is 16.4 Å². The van der Waals surface area contributed by atoms with Gasteiger partial charge in [-0.05, 0) is 24.8 Å². The first-order chi connectivity index (χ1) is 8.36. The standard InChI is InChI=1S/C13H13N3O/c17-13-6-9-15-12-3-1-2-11(16(12)13)10-4-7-14-8-5-10/h1-4,6-7,9-10,14H,5,8H2. The van der Waals surface area contributed by atoms with Gasteiger partial charge in [-0.15, -0.1) is 0 Å². The molecule has 0 radical (unpaired) electrons. The third-order valence-electron chi connectivity index (χ3n) is 3.07. The minimum atomic E-state index is -0.0162. The van der Waals surface area contributed by atoms with E-state index >= 15 is 0 Å². The van der Waals surface area contributed by atoms with Crippen molar-refractivity contribution in [3.05, 3.63) is 58.8 Å². The monoisotopic (exact) mass is 227 g/mol. The molecule has 3 heterocycles. The molecule has 2 aromatic rings. The lowest BCUT2D eigenvalue weighted by atomic mass is 9.98. The normalized spacial score (nSPS) is 19.2. The lowest BCUT2D eigenvalue weighted by Crippen LogP contribution is -2.22. The van der Waals surface area contributed by atoms with Gasteiger partial charge in [0.25, 0.3) is 5.56 Å². The Hall–Kier alpha value is -2.10. The number of allylic oxidation sites excluding steroid dienone is 1. The number of aromatic nitrogens is 2. The number of rotatable bonds is 1. The lowest BCUT2D eigenvalue weighted by molar-refractivity contribution is 0.635. The molecule has 1 N–H and O–H groups in total. The molecule has 17 heavy (non-hydrogen) atoms. The average molecular weight is 227 g/mol. The molecule has 0 saturated carbocycles. The van der Waals surface area contributed by atoms with Crippen molar-refractivity contribution in [2.24, 2.45) is 0 Å². The van der Waals surface area contributed by atoms with Gasteiger partial charge >= 0.3 is 0 Å². The molecular weight excluding hydrogens is 214 g/mol. The van der Waals surface area contributed by atoms with Crippen LogP contribution in [-0.4, -0.2) is 15.9 Å². The van der Waals surface area contributed by atoms with Gasteiger partial charge in [-0.1, -0.05) is 12.1 Å². The number of nitrogens with one attached hydrogen (secondary N) is 1. The Bertz CT molecular complexity index is 625. The Labute approximate surface area is 98.6 Å². The van der Waals surface area contributed by atoms with Crippen LogP contribution in [0.3, 0.4) is 0 Å². The minimum absolute atomic E-state index is 0.0162. The van der Waals surface area contributed by atoms with Gasteiger partial charge < -0.3 is 5.32 Å². The van der Waals surface area contributed by atoms with E-state index in [1.54, 1.807) is 10.6 Å². The Morgan fingerprint density at radius 1 is 1.35 bits per heavy atom. The summed E-state index contributed by atoms with van der Waals surface area (Å²) < 4.78 is 1.69. The average Bonchev–Trinajstić information content (AvgIpc) is 2.39. The van der Waals surface area contributed by atoms with Crippen LogP contribution in [0.1, 0.15) is 18.0 Å². The van der Waals surface area contributed by atoms with E-state index < -0.39 is 0 Å². The highest BCUT2D eigenvalue weighted by Gasteiger charge is 2.14. The van der Waals surface area contributed by atoms with Crippen molar-refractivity contribution in [2.45, 2.75) is 12.3 Å². The zero-order chi connectivity index (χ0) is 11.7. The van der Waals surface area contributed by atoms with Gasteiger partial charge in [-0.3, -0.25) is 9.20 Å². The first-order valence-corrected chi connectivity index (χ1v) is 5.73. The van der Waals surface area contributed by atoms with Crippen LogP contribution in [-0.2, 0) is 0 Å². The second-order valence-corrected chi connectivity index (χ2v) is 4.14. The third-order valence-corrected chi connectivity index (χ3v) is 3.07. The van der Waals surface area contributed by atoms with E-state index in [9.17, 15) is 4.79 Å². The number of pyridine rings is 1. The van der Waals surface area contributed by atoms with Crippen molar-refractivity contribution >= 4 is 5.65 Å². The molecular formula is C13H13N3O. The molecule has 0 fully saturated rings. The van der Waals surface area contributed by atoms with Gasteiger partial charge in [0.1, 0.15) is 5.65 Å². The predicted molar refractivity (Wildman–Crippen MR) is 66.0 cm³/mol. The summed E-state index contributed by atoms with van der Waals surface area (Å²) >= 11 is 0. The molecule has 1 aliphatic rings. The number of hydrogen-bond acceptors (Lipinski definition) is 3. The fourth-order valence-electron chi connectivity index (χ4n) is 2.25. The van der Waals surface area contributed by atoms with Crippen LogP contribution < -0.4 is 10.9 Å². The molecule has 0 aliphatic carbocycles. The van der Waals surface area contributed by atoms with Crippen LogP contribution in [0.15, 0.2) is 47.5 Å². The van der Waals surface area contributed by atoms with Crippen molar-refractivity contribution < 1.29 is 0 Å². The first-order valence-electron chi connectivity index (χ1n) is 5.73. The number of hydrogen-bond donors (Lipinski definition) is 1. The number of nitrogens with zero attached hydrogens (tertiary/aromatic N) is 2. The largest absolute Gasteiger partial charge is 0.391 e. The molecule has 1 aliphatic heterocycles. The molecule has 0 bridgehead atoms. The Morgan fingerprint density at radius 2 is 2.29 bits per heavy atom. The Balaban J connectivity index is 2.25. The summed E-state index contributed by atoms with van der Waals surface area (Å²) in [6.07, 6.45) is 6.60. The highest BCUT2D eigenvalue weighted by molar-refractivity contribution is 5.40. The van der Waals surface area contributed by atoms with Crippen LogP contribution in [0, 0.1) is 0 Å². The fourth-order valence-corrected chi connectivity index (χ4v) is 2.25. The smallest absolute Gasteiger partial charge is 0.258 e. The highest BCUT2D eigenvalue weighted by atomic mass is 16.1. The molecule has 1 unspecified atom stereocenters. The zero-order valence-electron chi connectivity index (χ0n) is 9.34. The van der Waals surface area contributed by atoms with Gasteiger partial charge in [0.05, 0.1) is 0 Å². The van der Waals surface area contributed by atoms with E-state index in [-0.39, 0.29) is 11.5 Å². The predicted octanol–water partition coefficient (Wildman–Crippen LogP) is 1.29. The van der Waals surface area contributed by atoms with Gasteiger partial charge in [0, 0.05) is 30.4 Å². The quantitative estimate of drug-likeness (QED) is 0.798. The summed E-state index contributed by atoms with van der Waals surface area (Å²) in [5, 5.41) is 3.16. The van der Waals surface area contributed by atoms with E-state index in [0.717, 1.165) is 18.7 Å². The topological polar surface area (TPSA) is 46.4 Å². The molecule has 4 nitrogen and oxygen atoms in total. The van der Waals surface area contributed by atoms with Crippen molar-refractivity contribution in [3.63, 3.8) is 0 Å². The molecule has 0 amide bonds. The molecule has 3 rings (SSSR count).